The molecule has 6 rings (SSSR count). The van der Waals surface area contributed by atoms with Gasteiger partial charge in [-0.15, -0.1) is 0 Å². The summed E-state index contributed by atoms with van der Waals surface area (Å²) in [6.07, 6.45) is 0. The van der Waals surface area contributed by atoms with Crippen molar-refractivity contribution < 1.29 is 23.2 Å². The van der Waals surface area contributed by atoms with Crippen molar-refractivity contribution in [3.63, 3.8) is 0 Å². The molecular formula is C27H21FN4O4. The number of ether oxygens (including phenoxy) is 2. The molecule has 36 heavy (non-hydrogen) atoms. The van der Waals surface area contributed by atoms with Crippen LogP contribution in [0.4, 0.5) is 14.9 Å². The zero-order valence-electron chi connectivity index (χ0n) is 19.3. The molecule has 0 spiro atoms. The lowest BCUT2D eigenvalue weighted by Gasteiger charge is -2.35. The van der Waals surface area contributed by atoms with Crippen molar-refractivity contribution in [1.29, 1.82) is 0 Å². The van der Waals surface area contributed by atoms with Crippen LogP contribution in [-0.2, 0) is 0 Å². The number of fused-ring (bicyclic) bond motifs is 1. The van der Waals surface area contributed by atoms with Crippen LogP contribution in [0.25, 0.3) is 17.0 Å². The van der Waals surface area contributed by atoms with Gasteiger partial charge in [0.15, 0.2) is 11.5 Å². The molecule has 0 radical (unpaired) electrons. The van der Waals surface area contributed by atoms with Crippen LogP contribution in [0.1, 0.15) is 24.4 Å². The largest absolute Gasteiger partial charge is 0.486 e. The van der Waals surface area contributed by atoms with Crippen molar-refractivity contribution in [2.45, 2.75) is 13.0 Å². The number of amides is 2. The first-order chi connectivity index (χ1) is 17.6. The number of hydrogen-bond donors (Lipinski definition) is 1. The van der Waals surface area contributed by atoms with Gasteiger partial charge < -0.3 is 19.3 Å². The van der Waals surface area contributed by atoms with Crippen LogP contribution in [0.15, 0.2) is 83.0 Å². The van der Waals surface area contributed by atoms with Gasteiger partial charge in [0.2, 0.25) is 5.82 Å². The fourth-order valence-electron chi connectivity index (χ4n) is 4.44. The average molecular weight is 484 g/mol. The number of benzene rings is 3. The van der Waals surface area contributed by atoms with Crippen molar-refractivity contribution in [1.82, 2.24) is 15.5 Å². The third-order valence-corrected chi connectivity index (χ3v) is 6.16. The molecule has 4 aromatic rings. The molecule has 0 saturated heterocycles. The third-order valence-electron chi connectivity index (χ3n) is 6.16. The molecule has 1 atom stereocenters. The number of allylic oxidation sites excluding steroid dienone is 1. The van der Waals surface area contributed by atoms with Gasteiger partial charge in [0.1, 0.15) is 19.0 Å². The van der Waals surface area contributed by atoms with E-state index in [0.717, 1.165) is 5.56 Å². The number of nitrogens with zero attached hydrogens (tertiary/aromatic N) is 3. The highest BCUT2D eigenvalue weighted by atomic mass is 19.1. The molecule has 0 fully saturated rings. The van der Waals surface area contributed by atoms with Crippen LogP contribution in [0, 0.1) is 5.82 Å². The normalized spacial score (nSPS) is 17.2. The Hall–Kier alpha value is -4.66. The summed E-state index contributed by atoms with van der Waals surface area (Å²) < 4.78 is 30.7. The van der Waals surface area contributed by atoms with Gasteiger partial charge >= 0.3 is 6.03 Å². The number of nitrogens with one attached hydrogen (secondary N) is 1. The summed E-state index contributed by atoms with van der Waals surface area (Å²) >= 11 is 0. The Morgan fingerprint density at radius 2 is 1.72 bits per heavy atom. The van der Waals surface area contributed by atoms with Gasteiger partial charge in [-0.2, -0.15) is 4.98 Å². The molecule has 2 aliphatic heterocycles. The van der Waals surface area contributed by atoms with E-state index in [1.54, 1.807) is 30.3 Å². The second-order valence-electron chi connectivity index (χ2n) is 8.39. The third kappa shape index (κ3) is 3.84. The molecule has 2 aliphatic rings. The monoisotopic (exact) mass is 484 g/mol. The van der Waals surface area contributed by atoms with Gasteiger partial charge in [0, 0.05) is 17.3 Å². The Kier molecular flexibility index (Phi) is 5.37. The highest BCUT2D eigenvalue weighted by Crippen LogP contribution is 2.41. The Balaban J connectivity index is 1.48. The van der Waals surface area contributed by atoms with Gasteiger partial charge in [-0.1, -0.05) is 47.6 Å². The molecule has 2 amide bonds. The summed E-state index contributed by atoms with van der Waals surface area (Å²) in [7, 11) is 0. The maximum Gasteiger partial charge on any atom is 0.327 e. The van der Waals surface area contributed by atoms with Gasteiger partial charge in [-0.25, -0.2) is 9.18 Å². The number of carbonyl (C=O) groups excluding carboxylic acids is 1. The van der Waals surface area contributed by atoms with Crippen LogP contribution >= 0.6 is 0 Å². The Morgan fingerprint density at radius 3 is 2.50 bits per heavy atom. The van der Waals surface area contributed by atoms with Crippen molar-refractivity contribution in [2.75, 3.05) is 18.1 Å². The Bertz CT molecular complexity index is 1470. The molecule has 0 saturated carbocycles. The van der Waals surface area contributed by atoms with Crippen molar-refractivity contribution in [3.05, 3.63) is 95.8 Å². The summed E-state index contributed by atoms with van der Waals surface area (Å²) in [4.78, 5) is 19.6. The minimum absolute atomic E-state index is 0.253. The Morgan fingerprint density at radius 1 is 0.972 bits per heavy atom. The van der Waals surface area contributed by atoms with E-state index in [4.69, 9.17) is 14.0 Å². The average Bonchev–Trinajstić information content (AvgIpc) is 3.39. The van der Waals surface area contributed by atoms with Gasteiger partial charge in [0.05, 0.1) is 17.3 Å². The highest BCUT2D eigenvalue weighted by Gasteiger charge is 2.37. The fourth-order valence-corrected chi connectivity index (χ4v) is 4.44. The fraction of sp³-hybridized carbons (Fsp3) is 0.148. The molecule has 3 heterocycles. The summed E-state index contributed by atoms with van der Waals surface area (Å²) in [6.45, 7) is 2.72. The summed E-state index contributed by atoms with van der Waals surface area (Å²) in [5, 5.41) is 7.18. The minimum atomic E-state index is -0.629. The number of rotatable bonds is 4. The second kappa shape index (κ2) is 8.84. The lowest BCUT2D eigenvalue weighted by molar-refractivity contribution is 0.171. The van der Waals surface area contributed by atoms with Gasteiger partial charge in [-0.05, 0) is 36.8 Å². The molecule has 1 aromatic heterocycles. The van der Waals surface area contributed by atoms with Crippen molar-refractivity contribution in [2.24, 2.45) is 0 Å². The van der Waals surface area contributed by atoms with Crippen LogP contribution < -0.4 is 19.7 Å². The summed E-state index contributed by atoms with van der Waals surface area (Å²) in [5.74, 6) is 1.49. The predicted molar refractivity (Wildman–Crippen MR) is 130 cm³/mol. The molecule has 180 valence electrons. The Labute approximate surface area is 206 Å². The maximum atomic E-state index is 13.7. The van der Waals surface area contributed by atoms with E-state index in [1.807, 2.05) is 37.3 Å². The predicted octanol–water partition coefficient (Wildman–Crippen LogP) is 5.35. The number of aromatic nitrogens is 2. The summed E-state index contributed by atoms with van der Waals surface area (Å²) in [5.41, 5.74) is 3.26. The highest BCUT2D eigenvalue weighted by molar-refractivity contribution is 6.01. The lowest BCUT2D eigenvalue weighted by Crippen LogP contribution is -2.46. The van der Waals surface area contributed by atoms with E-state index < -0.39 is 6.04 Å². The van der Waals surface area contributed by atoms with E-state index in [9.17, 15) is 9.18 Å². The minimum Gasteiger partial charge on any atom is -0.486 e. The van der Waals surface area contributed by atoms with Crippen LogP contribution in [0.2, 0.25) is 0 Å². The van der Waals surface area contributed by atoms with Gasteiger partial charge in [-0.3, -0.25) is 4.90 Å². The first-order valence-electron chi connectivity index (χ1n) is 11.4. The van der Waals surface area contributed by atoms with Crippen LogP contribution in [-0.4, -0.2) is 29.4 Å². The zero-order chi connectivity index (χ0) is 24.6. The first-order valence-corrected chi connectivity index (χ1v) is 11.4. The number of halogens is 1. The molecule has 3 aromatic carbocycles. The summed E-state index contributed by atoms with van der Waals surface area (Å²) in [6, 6.07) is 19.8. The molecule has 9 heteroatoms. The van der Waals surface area contributed by atoms with E-state index in [2.05, 4.69) is 15.5 Å². The zero-order valence-corrected chi connectivity index (χ0v) is 19.3. The first kappa shape index (κ1) is 21.8. The number of hydrogen-bond acceptors (Lipinski definition) is 6. The molecule has 1 unspecified atom stereocenters. The number of urea groups is 1. The number of carbonyl (C=O) groups is 1. The second-order valence-corrected chi connectivity index (χ2v) is 8.39. The molecule has 0 bridgehead atoms. The smallest absolute Gasteiger partial charge is 0.327 e. The lowest BCUT2D eigenvalue weighted by atomic mass is 9.94. The van der Waals surface area contributed by atoms with E-state index in [1.165, 1.54) is 17.0 Å². The molecule has 8 nitrogen and oxygen atoms in total. The quantitative estimate of drug-likeness (QED) is 0.420. The maximum absolute atomic E-state index is 13.7. The standard InChI is InChI=1S/C27H21FN4O4/c1-16-23(26-30-25(31-36-26)18-5-3-2-4-6-18)24(17-7-9-19(28)10-8-17)29-27(33)32(16)20-11-12-21-22(15-20)35-14-13-34-21/h2-12,15,24H,13-14H2,1H3,(H,29,33). The molecule has 0 aliphatic carbocycles. The molecular weight excluding hydrogens is 463 g/mol. The van der Waals surface area contributed by atoms with E-state index in [-0.39, 0.29) is 17.7 Å². The van der Waals surface area contributed by atoms with Crippen LogP contribution in [0.5, 0.6) is 11.5 Å². The van der Waals surface area contributed by atoms with Crippen molar-refractivity contribution >= 4 is 17.3 Å². The van der Waals surface area contributed by atoms with Crippen LogP contribution in [0.3, 0.4) is 0 Å². The molecule has 1 N–H and O–H groups in total. The van der Waals surface area contributed by atoms with Gasteiger partial charge in [0.25, 0.3) is 5.89 Å². The van der Waals surface area contributed by atoms with E-state index in [0.29, 0.717) is 53.1 Å². The topological polar surface area (TPSA) is 89.7 Å². The SMILES string of the molecule is CC1=C(c2nc(-c3ccccc3)no2)C(c2ccc(F)cc2)NC(=O)N1c1ccc2c(c1)OCCO2. The number of anilines is 1. The van der Waals surface area contributed by atoms with E-state index >= 15 is 0 Å². The van der Waals surface area contributed by atoms with Crippen molar-refractivity contribution in [3.8, 4) is 22.9 Å².